The summed E-state index contributed by atoms with van der Waals surface area (Å²) in [7, 11) is 1.43. The van der Waals surface area contributed by atoms with E-state index in [1.54, 1.807) is 0 Å². The van der Waals surface area contributed by atoms with Crippen molar-refractivity contribution >= 4 is 5.97 Å². The summed E-state index contributed by atoms with van der Waals surface area (Å²) in [5.41, 5.74) is -0.668. The monoisotopic (exact) mass is 252 g/mol. The lowest BCUT2D eigenvalue weighted by Crippen LogP contribution is -2.57. The maximum absolute atomic E-state index is 12.3. The van der Waals surface area contributed by atoms with Crippen LogP contribution < -0.4 is 0 Å². The fraction of sp³-hybridized carbons (Fsp3) is 0.786. The van der Waals surface area contributed by atoms with Crippen molar-refractivity contribution < 1.29 is 19.4 Å². The first-order valence-corrected chi connectivity index (χ1v) is 6.55. The Morgan fingerprint density at radius 3 is 2.94 bits per heavy atom. The molecule has 3 atom stereocenters. The Morgan fingerprint density at radius 1 is 1.44 bits per heavy atom. The first-order chi connectivity index (χ1) is 8.48. The van der Waals surface area contributed by atoms with E-state index in [0.29, 0.717) is 32.5 Å². The molecule has 3 fully saturated rings. The Hall–Kier alpha value is -0.870. The molecule has 3 aliphatic rings. The van der Waals surface area contributed by atoms with Crippen LogP contribution in [0.2, 0.25) is 0 Å². The normalized spacial score (nSPS) is 46.7. The SMILES string of the molecule is C=C1C[C@@]23CCOC[C@@]2(C(=O)OC)CC[C@]1(O)C3. The molecule has 0 radical (unpaired) electrons. The molecule has 1 aliphatic heterocycles. The molecular formula is C14H20O4. The van der Waals surface area contributed by atoms with Crippen molar-refractivity contribution in [3.63, 3.8) is 0 Å². The zero-order chi connectivity index (χ0) is 13.0. The summed E-state index contributed by atoms with van der Waals surface area (Å²) in [6, 6.07) is 0. The third kappa shape index (κ3) is 1.25. The fourth-order valence-corrected chi connectivity index (χ4v) is 4.34. The highest BCUT2D eigenvalue weighted by atomic mass is 16.5. The van der Waals surface area contributed by atoms with Crippen LogP contribution in [0.25, 0.3) is 0 Å². The number of carbonyl (C=O) groups excluding carboxylic acids is 1. The lowest BCUT2D eigenvalue weighted by atomic mass is 9.54. The molecule has 100 valence electrons. The number of rotatable bonds is 1. The number of ether oxygens (including phenoxy) is 2. The topological polar surface area (TPSA) is 55.8 Å². The first-order valence-electron chi connectivity index (χ1n) is 6.55. The van der Waals surface area contributed by atoms with Crippen LogP contribution in [0, 0.1) is 10.8 Å². The Balaban J connectivity index is 2.07. The molecule has 0 unspecified atom stereocenters. The maximum Gasteiger partial charge on any atom is 0.314 e. The van der Waals surface area contributed by atoms with Gasteiger partial charge in [0, 0.05) is 6.61 Å². The number of fused-ring (bicyclic) bond motifs is 1. The predicted molar refractivity (Wildman–Crippen MR) is 64.9 cm³/mol. The summed E-state index contributed by atoms with van der Waals surface area (Å²) in [6.45, 7) is 5.10. The lowest BCUT2D eigenvalue weighted by molar-refractivity contribution is -0.194. The molecule has 4 heteroatoms. The van der Waals surface area contributed by atoms with E-state index in [9.17, 15) is 9.90 Å². The molecule has 0 aromatic carbocycles. The van der Waals surface area contributed by atoms with Gasteiger partial charge in [0.25, 0.3) is 0 Å². The van der Waals surface area contributed by atoms with Crippen LogP contribution in [0.5, 0.6) is 0 Å². The average molecular weight is 252 g/mol. The Morgan fingerprint density at radius 2 is 2.22 bits per heavy atom. The number of carbonyl (C=O) groups is 1. The van der Waals surface area contributed by atoms with Gasteiger partial charge in [0.1, 0.15) is 0 Å². The molecule has 3 rings (SSSR count). The van der Waals surface area contributed by atoms with Gasteiger partial charge in [-0.15, -0.1) is 0 Å². The summed E-state index contributed by atoms with van der Waals surface area (Å²) >= 11 is 0. The first kappa shape index (κ1) is 12.2. The van der Waals surface area contributed by atoms with Crippen molar-refractivity contribution in [3.8, 4) is 0 Å². The van der Waals surface area contributed by atoms with Gasteiger partial charge in [-0.2, -0.15) is 0 Å². The van der Waals surface area contributed by atoms with Gasteiger partial charge >= 0.3 is 5.97 Å². The Kier molecular flexibility index (Phi) is 2.42. The minimum absolute atomic E-state index is 0.182. The van der Waals surface area contributed by atoms with Gasteiger partial charge in [-0.1, -0.05) is 6.58 Å². The molecule has 0 aromatic rings. The van der Waals surface area contributed by atoms with E-state index in [-0.39, 0.29) is 11.4 Å². The van der Waals surface area contributed by atoms with E-state index in [1.807, 2.05) is 0 Å². The van der Waals surface area contributed by atoms with Gasteiger partial charge in [0.15, 0.2) is 0 Å². The molecule has 1 N–H and O–H groups in total. The van der Waals surface area contributed by atoms with E-state index in [4.69, 9.17) is 9.47 Å². The third-order valence-corrected chi connectivity index (χ3v) is 5.47. The van der Waals surface area contributed by atoms with Crippen LogP contribution in [0.3, 0.4) is 0 Å². The molecule has 1 heterocycles. The van der Waals surface area contributed by atoms with E-state index in [1.165, 1.54) is 7.11 Å². The molecule has 0 amide bonds. The second-order valence-corrected chi connectivity index (χ2v) is 6.15. The van der Waals surface area contributed by atoms with E-state index in [2.05, 4.69) is 6.58 Å². The lowest BCUT2D eigenvalue weighted by Gasteiger charge is -2.53. The minimum Gasteiger partial charge on any atom is -0.469 e. The van der Waals surface area contributed by atoms with E-state index in [0.717, 1.165) is 18.4 Å². The minimum atomic E-state index is -0.769. The highest BCUT2D eigenvalue weighted by molar-refractivity contribution is 5.79. The second-order valence-electron chi connectivity index (χ2n) is 6.15. The standard InChI is InChI=1S/C14H20O4/c1-10-7-12-5-6-18-9-13(12,11(15)17-2)3-4-14(10,16)8-12/h16H,1,3-9H2,2H3/t12-,13-,14+/m1/s1. The van der Waals surface area contributed by atoms with Gasteiger partial charge < -0.3 is 14.6 Å². The number of aliphatic hydroxyl groups is 1. The van der Waals surface area contributed by atoms with Crippen LogP contribution in [-0.4, -0.2) is 37.0 Å². The molecule has 2 bridgehead atoms. The van der Waals surface area contributed by atoms with E-state index < -0.39 is 11.0 Å². The zero-order valence-electron chi connectivity index (χ0n) is 10.8. The molecule has 1 spiro atoms. The van der Waals surface area contributed by atoms with E-state index >= 15 is 0 Å². The van der Waals surface area contributed by atoms with Crippen molar-refractivity contribution in [2.24, 2.45) is 10.8 Å². The molecule has 0 aromatic heterocycles. The number of hydrogen-bond donors (Lipinski definition) is 1. The van der Waals surface area contributed by atoms with Gasteiger partial charge in [0.05, 0.1) is 24.7 Å². The van der Waals surface area contributed by atoms with Crippen molar-refractivity contribution in [3.05, 3.63) is 12.2 Å². The van der Waals surface area contributed by atoms with Gasteiger partial charge in [-0.05, 0) is 43.1 Å². The highest BCUT2D eigenvalue weighted by Gasteiger charge is 2.68. The summed E-state index contributed by atoms with van der Waals surface area (Å²) in [5, 5.41) is 10.6. The molecule has 4 nitrogen and oxygen atoms in total. The predicted octanol–water partition coefficient (Wildman–Crippen LogP) is 1.43. The highest BCUT2D eigenvalue weighted by Crippen LogP contribution is 2.67. The van der Waals surface area contributed by atoms with Crippen molar-refractivity contribution in [1.29, 1.82) is 0 Å². The van der Waals surface area contributed by atoms with Crippen molar-refractivity contribution in [2.75, 3.05) is 20.3 Å². The number of esters is 1. The summed E-state index contributed by atoms with van der Waals surface area (Å²) < 4.78 is 10.6. The van der Waals surface area contributed by atoms with Crippen LogP contribution in [0.4, 0.5) is 0 Å². The molecular weight excluding hydrogens is 232 g/mol. The van der Waals surface area contributed by atoms with Crippen molar-refractivity contribution in [1.82, 2.24) is 0 Å². The van der Waals surface area contributed by atoms with Crippen LogP contribution >= 0.6 is 0 Å². The number of hydrogen-bond acceptors (Lipinski definition) is 4. The Labute approximate surface area is 107 Å². The van der Waals surface area contributed by atoms with Gasteiger partial charge in [-0.25, -0.2) is 0 Å². The van der Waals surface area contributed by atoms with Crippen molar-refractivity contribution in [2.45, 2.75) is 37.7 Å². The number of methoxy groups -OCH3 is 1. The summed E-state index contributed by atoms with van der Waals surface area (Å²) in [4.78, 5) is 12.3. The summed E-state index contributed by atoms with van der Waals surface area (Å²) in [6.07, 6.45) is 3.39. The fourth-order valence-electron chi connectivity index (χ4n) is 4.34. The van der Waals surface area contributed by atoms with Gasteiger partial charge in [-0.3, -0.25) is 4.79 Å². The molecule has 18 heavy (non-hydrogen) atoms. The molecule has 2 aliphatic carbocycles. The largest absolute Gasteiger partial charge is 0.469 e. The third-order valence-electron chi connectivity index (χ3n) is 5.47. The summed E-state index contributed by atoms with van der Waals surface area (Å²) in [5.74, 6) is -0.182. The maximum atomic E-state index is 12.3. The van der Waals surface area contributed by atoms with Gasteiger partial charge in [0.2, 0.25) is 0 Å². The smallest absolute Gasteiger partial charge is 0.314 e. The van der Waals surface area contributed by atoms with Crippen LogP contribution in [-0.2, 0) is 14.3 Å². The average Bonchev–Trinajstić information content (AvgIpc) is 2.56. The quantitative estimate of drug-likeness (QED) is 0.566. The van der Waals surface area contributed by atoms with Crippen LogP contribution in [0.15, 0.2) is 12.2 Å². The zero-order valence-corrected chi connectivity index (χ0v) is 10.8. The molecule has 2 saturated carbocycles. The molecule has 1 saturated heterocycles. The second kappa shape index (κ2) is 3.58. The Bertz CT molecular complexity index is 418. The van der Waals surface area contributed by atoms with Crippen LogP contribution in [0.1, 0.15) is 32.1 Å².